The van der Waals surface area contributed by atoms with Crippen molar-refractivity contribution in [1.82, 2.24) is 0 Å². The molecule has 0 radical (unpaired) electrons. The molecule has 18 heavy (non-hydrogen) atoms. The normalized spacial score (nSPS) is 17.1. The molecule has 5 heteroatoms. The maximum atomic E-state index is 8.74. The first-order valence-electron chi connectivity index (χ1n) is 6.11. The van der Waals surface area contributed by atoms with E-state index in [1.165, 1.54) is 25.7 Å². The lowest BCUT2D eigenvalue weighted by Gasteiger charge is -2.14. The number of benzene rings is 1. The van der Waals surface area contributed by atoms with Gasteiger partial charge in [-0.25, -0.2) is 0 Å². The van der Waals surface area contributed by atoms with Crippen LogP contribution < -0.4 is 10.5 Å². The Labute approximate surface area is 111 Å². The zero-order valence-electron chi connectivity index (χ0n) is 10.1. The predicted molar refractivity (Wildman–Crippen MR) is 71.4 cm³/mol. The fourth-order valence-corrected chi connectivity index (χ4v) is 2.43. The fraction of sp³-hybridized carbons (Fsp3) is 0.462. The van der Waals surface area contributed by atoms with Gasteiger partial charge in [-0.3, -0.25) is 0 Å². The van der Waals surface area contributed by atoms with Crippen molar-refractivity contribution < 1.29 is 9.94 Å². The van der Waals surface area contributed by atoms with Crippen molar-refractivity contribution in [2.24, 2.45) is 16.8 Å². The highest BCUT2D eigenvalue weighted by molar-refractivity contribution is 6.30. The number of halogens is 1. The topological polar surface area (TPSA) is 67.8 Å². The maximum absolute atomic E-state index is 8.74. The Hall–Kier alpha value is -1.42. The van der Waals surface area contributed by atoms with Crippen LogP contribution in [0.2, 0.25) is 5.02 Å². The number of nitrogens with two attached hydrogens (primary N) is 1. The lowest BCUT2D eigenvalue weighted by Crippen LogP contribution is -2.16. The zero-order chi connectivity index (χ0) is 13.0. The quantitative estimate of drug-likeness (QED) is 0.382. The highest BCUT2D eigenvalue weighted by atomic mass is 35.5. The largest absolute Gasteiger partial charge is 0.492 e. The molecular formula is C13H17ClN2O2. The smallest absolute Gasteiger partial charge is 0.173 e. The Morgan fingerprint density at radius 1 is 1.44 bits per heavy atom. The molecule has 2 rings (SSSR count). The van der Waals surface area contributed by atoms with E-state index >= 15 is 0 Å². The van der Waals surface area contributed by atoms with Gasteiger partial charge in [0.05, 0.1) is 12.2 Å². The number of amidine groups is 1. The monoisotopic (exact) mass is 268 g/mol. The number of hydrogen-bond donors (Lipinski definition) is 2. The van der Waals surface area contributed by atoms with Crippen LogP contribution in [0.25, 0.3) is 0 Å². The third kappa shape index (κ3) is 3.07. The summed E-state index contributed by atoms with van der Waals surface area (Å²) in [6.07, 6.45) is 4.96. The van der Waals surface area contributed by atoms with Crippen molar-refractivity contribution >= 4 is 17.4 Å². The molecule has 1 aromatic rings. The molecule has 0 amide bonds. The van der Waals surface area contributed by atoms with Crippen molar-refractivity contribution in [2.45, 2.75) is 25.7 Å². The van der Waals surface area contributed by atoms with Crippen LogP contribution >= 0.6 is 11.6 Å². The molecule has 0 heterocycles. The summed E-state index contributed by atoms with van der Waals surface area (Å²) in [5.41, 5.74) is 6.18. The summed E-state index contributed by atoms with van der Waals surface area (Å²) >= 11 is 5.94. The van der Waals surface area contributed by atoms with Gasteiger partial charge in [0.15, 0.2) is 5.84 Å². The standard InChI is InChI=1S/C13H17ClN2O2/c14-10-5-6-11(13(15)16-17)12(7-10)18-8-9-3-1-2-4-9/h5-7,9,17H,1-4,8H2,(H2,15,16). The van der Waals surface area contributed by atoms with Gasteiger partial charge in [0.25, 0.3) is 0 Å². The highest BCUT2D eigenvalue weighted by Gasteiger charge is 2.17. The van der Waals surface area contributed by atoms with Crippen molar-refractivity contribution in [1.29, 1.82) is 0 Å². The molecule has 0 aromatic heterocycles. The minimum absolute atomic E-state index is 0.0353. The van der Waals surface area contributed by atoms with Gasteiger partial charge < -0.3 is 15.7 Å². The average molecular weight is 269 g/mol. The van der Waals surface area contributed by atoms with E-state index < -0.39 is 0 Å². The molecule has 0 atom stereocenters. The van der Waals surface area contributed by atoms with Crippen LogP contribution in [0.1, 0.15) is 31.2 Å². The van der Waals surface area contributed by atoms with E-state index in [0.29, 0.717) is 28.9 Å². The highest BCUT2D eigenvalue weighted by Crippen LogP contribution is 2.28. The molecular weight excluding hydrogens is 252 g/mol. The third-order valence-corrected chi connectivity index (χ3v) is 3.51. The van der Waals surface area contributed by atoms with Crippen molar-refractivity contribution in [3.63, 3.8) is 0 Å². The van der Waals surface area contributed by atoms with E-state index in [-0.39, 0.29) is 5.84 Å². The molecule has 3 N–H and O–H groups in total. The minimum atomic E-state index is 0.0353. The third-order valence-electron chi connectivity index (χ3n) is 3.28. The van der Waals surface area contributed by atoms with Crippen molar-refractivity contribution in [3.05, 3.63) is 28.8 Å². The first-order chi connectivity index (χ1) is 8.70. The Kier molecular flexibility index (Phi) is 4.31. The molecule has 0 spiro atoms. The van der Waals surface area contributed by atoms with Gasteiger partial charge in [-0.2, -0.15) is 0 Å². The molecule has 1 aromatic carbocycles. The zero-order valence-corrected chi connectivity index (χ0v) is 10.9. The van der Waals surface area contributed by atoms with Crippen LogP contribution in [0.3, 0.4) is 0 Å². The van der Waals surface area contributed by atoms with Gasteiger partial charge in [0.2, 0.25) is 0 Å². The molecule has 0 aliphatic heterocycles. The van der Waals surface area contributed by atoms with Gasteiger partial charge in [-0.05, 0) is 37.0 Å². The fourth-order valence-electron chi connectivity index (χ4n) is 2.27. The summed E-state index contributed by atoms with van der Waals surface area (Å²) in [6, 6.07) is 5.09. The van der Waals surface area contributed by atoms with Gasteiger partial charge in [0.1, 0.15) is 5.75 Å². The Balaban J connectivity index is 2.11. The van der Waals surface area contributed by atoms with Crippen molar-refractivity contribution in [2.75, 3.05) is 6.61 Å². The van der Waals surface area contributed by atoms with E-state index in [1.54, 1.807) is 18.2 Å². The van der Waals surface area contributed by atoms with E-state index in [9.17, 15) is 0 Å². The first-order valence-corrected chi connectivity index (χ1v) is 6.48. The second-order valence-corrected chi connectivity index (χ2v) is 5.02. The van der Waals surface area contributed by atoms with Gasteiger partial charge in [0, 0.05) is 5.02 Å². The molecule has 1 fully saturated rings. The van der Waals surface area contributed by atoms with E-state index in [2.05, 4.69) is 5.16 Å². The number of oxime groups is 1. The second kappa shape index (κ2) is 5.96. The lowest BCUT2D eigenvalue weighted by molar-refractivity contribution is 0.251. The molecule has 1 aliphatic rings. The van der Waals surface area contributed by atoms with Crippen LogP contribution in [-0.2, 0) is 0 Å². The summed E-state index contributed by atoms with van der Waals surface area (Å²) in [5, 5.41) is 12.3. The molecule has 98 valence electrons. The number of nitrogens with zero attached hydrogens (tertiary/aromatic N) is 1. The van der Waals surface area contributed by atoms with Crippen LogP contribution in [0.4, 0.5) is 0 Å². The van der Waals surface area contributed by atoms with Crippen LogP contribution in [0, 0.1) is 5.92 Å². The SMILES string of the molecule is NC(=NO)c1ccc(Cl)cc1OCC1CCCC1. The van der Waals surface area contributed by atoms with Crippen molar-refractivity contribution in [3.8, 4) is 5.75 Å². The van der Waals surface area contributed by atoms with Crippen LogP contribution in [0.5, 0.6) is 5.75 Å². The van der Waals surface area contributed by atoms with Gasteiger partial charge >= 0.3 is 0 Å². The molecule has 0 bridgehead atoms. The summed E-state index contributed by atoms with van der Waals surface area (Å²) < 4.78 is 5.77. The molecule has 1 saturated carbocycles. The van der Waals surface area contributed by atoms with Crippen LogP contribution in [0.15, 0.2) is 23.4 Å². The van der Waals surface area contributed by atoms with E-state index in [0.717, 1.165) is 0 Å². The second-order valence-electron chi connectivity index (χ2n) is 4.59. The predicted octanol–water partition coefficient (Wildman–Crippen LogP) is 3.00. The van der Waals surface area contributed by atoms with Gasteiger partial charge in [-0.15, -0.1) is 0 Å². The molecule has 4 nitrogen and oxygen atoms in total. The average Bonchev–Trinajstić information content (AvgIpc) is 2.88. The Morgan fingerprint density at radius 2 is 2.17 bits per heavy atom. The Morgan fingerprint density at radius 3 is 2.83 bits per heavy atom. The maximum Gasteiger partial charge on any atom is 0.173 e. The summed E-state index contributed by atoms with van der Waals surface area (Å²) in [5.74, 6) is 1.21. The summed E-state index contributed by atoms with van der Waals surface area (Å²) in [4.78, 5) is 0. The summed E-state index contributed by atoms with van der Waals surface area (Å²) in [6.45, 7) is 0.659. The number of ether oxygens (including phenoxy) is 1. The first kappa shape index (κ1) is 13.0. The minimum Gasteiger partial charge on any atom is -0.492 e. The van der Waals surface area contributed by atoms with Crippen LogP contribution in [-0.4, -0.2) is 17.6 Å². The molecule has 0 saturated heterocycles. The lowest BCUT2D eigenvalue weighted by atomic mass is 10.1. The van der Waals surface area contributed by atoms with Gasteiger partial charge in [-0.1, -0.05) is 29.6 Å². The number of hydrogen-bond acceptors (Lipinski definition) is 3. The number of rotatable bonds is 4. The molecule has 1 aliphatic carbocycles. The van der Waals surface area contributed by atoms with E-state index in [4.69, 9.17) is 27.3 Å². The summed E-state index contributed by atoms with van der Waals surface area (Å²) in [7, 11) is 0. The molecule has 0 unspecified atom stereocenters. The van der Waals surface area contributed by atoms with E-state index in [1.807, 2.05) is 0 Å². The Bertz CT molecular complexity index is 443.